The Labute approximate surface area is 109 Å². The van der Waals surface area contributed by atoms with Crippen LogP contribution in [0.2, 0.25) is 0 Å². The van der Waals surface area contributed by atoms with E-state index in [1.807, 2.05) is 0 Å². The van der Waals surface area contributed by atoms with Crippen LogP contribution in [0.25, 0.3) is 0 Å². The molecule has 0 amide bonds. The highest BCUT2D eigenvalue weighted by Crippen LogP contribution is 2.25. The van der Waals surface area contributed by atoms with Crippen LogP contribution >= 0.6 is 15.9 Å². The fourth-order valence-electron chi connectivity index (χ4n) is 1.05. The minimum Gasteiger partial charge on any atom is -0.281 e. The van der Waals surface area contributed by atoms with E-state index < -0.39 is 39.9 Å². The van der Waals surface area contributed by atoms with Crippen LogP contribution in [-0.2, 0) is 10.0 Å². The van der Waals surface area contributed by atoms with Crippen molar-refractivity contribution in [2.45, 2.75) is 12.6 Å². The molecule has 0 saturated carbocycles. The summed E-state index contributed by atoms with van der Waals surface area (Å²) < 4.78 is 73.5. The zero-order valence-electron chi connectivity index (χ0n) is 8.76. The van der Waals surface area contributed by atoms with Crippen molar-refractivity contribution in [3.8, 4) is 0 Å². The minimum absolute atomic E-state index is 0.0125. The van der Waals surface area contributed by atoms with Gasteiger partial charge in [0.1, 0.15) is 0 Å². The molecular formula is C9H8BrF4NO2S. The molecule has 3 nitrogen and oxygen atoms in total. The van der Waals surface area contributed by atoms with Crippen molar-refractivity contribution in [2.75, 3.05) is 10.5 Å². The molecule has 1 rings (SSSR count). The third-order valence-electron chi connectivity index (χ3n) is 1.87. The van der Waals surface area contributed by atoms with Gasteiger partial charge in [0.15, 0.2) is 5.82 Å². The van der Waals surface area contributed by atoms with E-state index in [9.17, 15) is 26.0 Å². The summed E-state index contributed by atoms with van der Waals surface area (Å²) in [7, 11) is -4.24. The molecule has 1 aromatic rings. The molecule has 0 aliphatic heterocycles. The second-order valence-electron chi connectivity index (χ2n) is 3.39. The molecule has 0 saturated heterocycles. The lowest BCUT2D eigenvalue weighted by molar-refractivity contribution is -0.129. The Hall–Kier alpha value is -0.830. The van der Waals surface area contributed by atoms with Crippen molar-refractivity contribution < 1.29 is 26.0 Å². The van der Waals surface area contributed by atoms with Crippen LogP contribution in [0.5, 0.6) is 0 Å². The molecule has 0 atom stereocenters. The molecule has 0 spiro atoms. The maximum atomic E-state index is 13.4. The number of benzene rings is 1. The Bertz CT molecular complexity index is 530. The summed E-state index contributed by atoms with van der Waals surface area (Å²) in [6.45, 7) is 0. The second-order valence-corrected chi connectivity index (χ2v) is 6.08. The van der Waals surface area contributed by atoms with E-state index in [1.165, 1.54) is 12.1 Å². The molecule has 18 heavy (non-hydrogen) atoms. The first kappa shape index (κ1) is 15.2. The van der Waals surface area contributed by atoms with Gasteiger partial charge in [-0.05, 0) is 28.1 Å². The van der Waals surface area contributed by atoms with Crippen molar-refractivity contribution in [3.63, 3.8) is 0 Å². The summed E-state index contributed by atoms with van der Waals surface area (Å²) in [5, 5.41) is 0. The van der Waals surface area contributed by atoms with Crippen LogP contribution in [0.4, 0.5) is 23.2 Å². The summed E-state index contributed by atoms with van der Waals surface area (Å²) in [4.78, 5) is 0. The van der Waals surface area contributed by atoms with Crippen LogP contribution in [0.1, 0.15) is 6.42 Å². The van der Waals surface area contributed by atoms with E-state index in [1.54, 1.807) is 4.72 Å². The molecule has 0 bridgehead atoms. The van der Waals surface area contributed by atoms with Gasteiger partial charge in [0.05, 0.1) is 22.3 Å². The molecule has 0 unspecified atom stereocenters. The number of rotatable bonds is 4. The van der Waals surface area contributed by atoms with Gasteiger partial charge in [-0.1, -0.05) is 6.07 Å². The zero-order valence-corrected chi connectivity index (χ0v) is 11.2. The van der Waals surface area contributed by atoms with E-state index in [0.29, 0.717) is 0 Å². The summed E-state index contributed by atoms with van der Waals surface area (Å²) in [5.74, 6) is -2.03. The van der Waals surface area contributed by atoms with Crippen molar-refractivity contribution in [3.05, 3.63) is 28.5 Å². The number of alkyl halides is 3. The van der Waals surface area contributed by atoms with Gasteiger partial charge in [0, 0.05) is 0 Å². The Morgan fingerprint density at radius 3 is 2.44 bits per heavy atom. The Kier molecular flexibility index (Phi) is 4.60. The average molecular weight is 350 g/mol. The second kappa shape index (κ2) is 5.43. The standard InChI is InChI=1S/C9H8BrF4NO2S/c10-6-2-1-3-7(8(6)11)15-18(16,17)5-4-9(12,13)14/h1-3,15H,4-5H2. The smallest absolute Gasteiger partial charge is 0.281 e. The van der Waals surface area contributed by atoms with Crippen molar-refractivity contribution in [2.24, 2.45) is 0 Å². The lowest BCUT2D eigenvalue weighted by Crippen LogP contribution is -2.22. The van der Waals surface area contributed by atoms with E-state index in [-0.39, 0.29) is 4.47 Å². The largest absolute Gasteiger partial charge is 0.390 e. The molecule has 0 aromatic heterocycles. The monoisotopic (exact) mass is 349 g/mol. The van der Waals surface area contributed by atoms with Gasteiger partial charge in [0.25, 0.3) is 0 Å². The van der Waals surface area contributed by atoms with Crippen molar-refractivity contribution in [1.29, 1.82) is 0 Å². The highest BCUT2D eigenvalue weighted by Gasteiger charge is 2.30. The lowest BCUT2D eigenvalue weighted by atomic mass is 10.3. The average Bonchev–Trinajstić information content (AvgIpc) is 2.21. The Balaban J connectivity index is 2.80. The highest BCUT2D eigenvalue weighted by atomic mass is 79.9. The van der Waals surface area contributed by atoms with Gasteiger partial charge in [0.2, 0.25) is 10.0 Å². The third kappa shape index (κ3) is 4.81. The molecule has 1 N–H and O–H groups in total. The number of halogens is 5. The molecule has 0 fully saturated rings. The Morgan fingerprint density at radius 1 is 1.28 bits per heavy atom. The fraction of sp³-hybridized carbons (Fsp3) is 0.333. The van der Waals surface area contributed by atoms with Crippen LogP contribution in [0, 0.1) is 5.82 Å². The van der Waals surface area contributed by atoms with Crippen LogP contribution in [0.3, 0.4) is 0 Å². The topological polar surface area (TPSA) is 46.2 Å². The Morgan fingerprint density at radius 2 is 1.89 bits per heavy atom. The molecule has 0 heterocycles. The number of nitrogens with one attached hydrogen (secondary N) is 1. The van der Waals surface area contributed by atoms with Crippen LogP contribution < -0.4 is 4.72 Å². The molecule has 1 aromatic carbocycles. The summed E-state index contributed by atoms with van der Waals surface area (Å²) >= 11 is 2.83. The van der Waals surface area contributed by atoms with Crippen molar-refractivity contribution in [1.82, 2.24) is 0 Å². The normalized spacial score (nSPS) is 12.5. The number of hydrogen-bond donors (Lipinski definition) is 1. The first-order valence-electron chi connectivity index (χ1n) is 4.62. The number of anilines is 1. The van der Waals surface area contributed by atoms with E-state index in [4.69, 9.17) is 0 Å². The molecule has 0 radical (unpaired) electrons. The highest BCUT2D eigenvalue weighted by molar-refractivity contribution is 9.10. The minimum atomic E-state index is -4.58. The summed E-state index contributed by atoms with van der Waals surface area (Å²) in [6, 6.07) is 3.81. The van der Waals surface area contributed by atoms with Gasteiger partial charge in [-0.2, -0.15) is 13.2 Å². The molecule has 0 aliphatic carbocycles. The van der Waals surface area contributed by atoms with Gasteiger partial charge < -0.3 is 0 Å². The fourth-order valence-corrected chi connectivity index (χ4v) is 2.51. The predicted octanol–water partition coefficient (Wildman–Crippen LogP) is 3.28. The quantitative estimate of drug-likeness (QED) is 0.848. The lowest BCUT2D eigenvalue weighted by Gasteiger charge is -2.10. The van der Waals surface area contributed by atoms with Crippen LogP contribution in [-0.4, -0.2) is 20.3 Å². The van der Waals surface area contributed by atoms with Gasteiger partial charge >= 0.3 is 6.18 Å². The molecule has 102 valence electrons. The SMILES string of the molecule is O=S(=O)(CCC(F)(F)F)Nc1cccc(Br)c1F. The predicted molar refractivity (Wildman–Crippen MR) is 62.2 cm³/mol. The van der Waals surface area contributed by atoms with Gasteiger partial charge in [-0.3, -0.25) is 4.72 Å². The van der Waals surface area contributed by atoms with E-state index >= 15 is 0 Å². The summed E-state index contributed by atoms with van der Waals surface area (Å²) in [5.41, 5.74) is -0.397. The van der Waals surface area contributed by atoms with Gasteiger partial charge in [-0.15, -0.1) is 0 Å². The van der Waals surface area contributed by atoms with Crippen LogP contribution in [0.15, 0.2) is 22.7 Å². The molecular weight excluding hydrogens is 342 g/mol. The third-order valence-corrected chi connectivity index (χ3v) is 3.76. The van der Waals surface area contributed by atoms with Gasteiger partial charge in [-0.25, -0.2) is 12.8 Å². The molecule has 0 aliphatic rings. The zero-order chi connectivity index (χ0) is 14.0. The van der Waals surface area contributed by atoms with Crippen molar-refractivity contribution >= 4 is 31.6 Å². The summed E-state index contributed by atoms with van der Waals surface area (Å²) in [6.07, 6.45) is -6.07. The maximum absolute atomic E-state index is 13.4. The van der Waals surface area contributed by atoms with E-state index in [0.717, 1.165) is 6.07 Å². The maximum Gasteiger partial charge on any atom is 0.390 e. The number of sulfonamides is 1. The molecule has 9 heteroatoms. The number of hydrogen-bond acceptors (Lipinski definition) is 2. The van der Waals surface area contributed by atoms with E-state index in [2.05, 4.69) is 15.9 Å². The first-order chi connectivity index (χ1) is 8.11. The first-order valence-corrected chi connectivity index (χ1v) is 7.06.